The van der Waals surface area contributed by atoms with E-state index in [0.717, 1.165) is 10.9 Å². The molecule has 0 radical (unpaired) electrons. The van der Waals surface area contributed by atoms with Crippen LogP contribution >= 0.6 is 0 Å². The van der Waals surface area contributed by atoms with Crippen LogP contribution in [0.3, 0.4) is 0 Å². The Morgan fingerprint density at radius 3 is 2.55 bits per heavy atom. The number of hydrogen-bond donors (Lipinski definition) is 2. The second-order valence-corrected chi connectivity index (χ2v) is 8.13. The number of aromatic amines is 1. The lowest BCUT2D eigenvalue weighted by molar-refractivity contribution is 0.0946. The summed E-state index contributed by atoms with van der Waals surface area (Å²) in [6.07, 6.45) is 1.17. The van der Waals surface area contributed by atoms with E-state index in [2.05, 4.69) is 10.3 Å². The van der Waals surface area contributed by atoms with Crippen molar-refractivity contribution in [3.8, 4) is 0 Å². The van der Waals surface area contributed by atoms with E-state index in [1.54, 1.807) is 19.9 Å². The number of carbonyl (C=O) groups is 1. The van der Waals surface area contributed by atoms with E-state index in [1.165, 1.54) is 6.26 Å². The number of carbonyl (C=O) groups excluding carboxylic acids is 1. The Morgan fingerprint density at radius 1 is 1.30 bits per heavy atom. The Bertz CT molecular complexity index is 712. The molecule has 20 heavy (non-hydrogen) atoms. The van der Waals surface area contributed by atoms with Gasteiger partial charge in [-0.1, -0.05) is 18.2 Å². The van der Waals surface area contributed by atoms with Crippen LogP contribution in [0, 0.1) is 0 Å². The highest BCUT2D eigenvalue weighted by Crippen LogP contribution is 2.16. The van der Waals surface area contributed by atoms with Crippen LogP contribution in [-0.2, 0) is 9.84 Å². The number of amides is 1. The number of fused-ring (bicyclic) bond motifs is 1. The van der Waals surface area contributed by atoms with E-state index in [9.17, 15) is 13.2 Å². The Morgan fingerprint density at radius 2 is 1.95 bits per heavy atom. The fourth-order valence-electron chi connectivity index (χ4n) is 1.72. The van der Waals surface area contributed by atoms with E-state index in [0.29, 0.717) is 5.69 Å². The lowest BCUT2D eigenvalue weighted by atomic mass is 10.2. The minimum Gasteiger partial charge on any atom is -0.351 e. The van der Waals surface area contributed by atoms with Crippen molar-refractivity contribution < 1.29 is 13.2 Å². The van der Waals surface area contributed by atoms with Crippen LogP contribution in [0.5, 0.6) is 0 Å². The van der Waals surface area contributed by atoms with Crippen LogP contribution in [0.4, 0.5) is 0 Å². The minimum absolute atomic E-state index is 0.0695. The lowest BCUT2D eigenvalue weighted by Crippen LogP contribution is -2.43. The molecule has 2 rings (SSSR count). The van der Waals surface area contributed by atoms with Crippen molar-refractivity contribution in [2.24, 2.45) is 0 Å². The molecule has 0 unspecified atom stereocenters. The van der Waals surface area contributed by atoms with Crippen molar-refractivity contribution in [1.29, 1.82) is 0 Å². The molecule has 1 aromatic heterocycles. The van der Waals surface area contributed by atoms with Gasteiger partial charge in [0.25, 0.3) is 5.91 Å². The molecule has 108 valence electrons. The van der Waals surface area contributed by atoms with Gasteiger partial charge in [0.05, 0.1) is 4.75 Å². The topological polar surface area (TPSA) is 79.0 Å². The molecule has 0 fully saturated rings. The molecule has 1 heterocycles. The Balaban J connectivity index is 2.13. The normalized spacial score (nSPS) is 12.6. The number of benzene rings is 1. The quantitative estimate of drug-likeness (QED) is 0.901. The van der Waals surface area contributed by atoms with E-state index in [4.69, 9.17) is 0 Å². The van der Waals surface area contributed by atoms with Crippen LogP contribution < -0.4 is 5.32 Å². The standard InChI is InChI=1S/C14H18N2O3S/c1-14(2,20(3,18)19)9-15-13(17)12-8-10-6-4-5-7-11(10)16-12/h4-8,16H,9H2,1-3H3,(H,15,17). The van der Waals surface area contributed by atoms with Gasteiger partial charge >= 0.3 is 0 Å². The molecule has 0 saturated carbocycles. The van der Waals surface area contributed by atoms with Gasteiger partial charge in [0.2, 0.25) is 0 Å². The maximum atomic E-state index is 12.1. The van der Waals surface area contributed by atoms with Gasteiger partial charge in [0.15, 0.2) is 9.84 Å². The molecule has 0 aliphatic heterocycles. The highest BCUT2D eigenvalue weighted by molar-refractivity contribution is 7.92. The summed E-state index contributed by atoms with van der Waals surface area (Å²) < 4.78 is 22.2. The van der Waals surface area contributed by atoms with Crippen molar-refractivity contribution in [1.82, 2.24) is 10.3 Å². The van der Waals surface area contributed by atoms with Gasteiger partial charge in [0.1, 0.15) is 5.69 Å². The van der Waals surface area contributed by atoms with Gasteiger partial charge in [-0.15, -0.1) is 0 Å². The van der Waals surface area contributed by atoms with Crippen LogP contribution in [0.2, 0.25) is 0 Å². The van der Waals surface area contributed by atoms with E-state index < -0.39 is 14.6 Å². The zero-order valence-electron chi connectivity index (χ0n) is 11.7. The molecular weight excluding hydrogens is 276 g/mol. The van der Waals surface area contributed by atoms with Crippen molar-refractivity contribution in [2.75, 3.05) is 12.8 Å². The molecule has 0 aliphatic carbocycles. The molecule has 0 aliphatic rings. The zero-order chi connectivity index (χ0) is 15.0. The molecule has 0 spiro atoms. The fraction of sp³-hybridized carbons (Fsp3) is 0.357. The van der Waals surface area contributed by atoms with Crippen LogP contribution in [0.15, 0.2) is 30.3 Å². The second kappa shape index (κ2) is 4.94. The van der Waals surface area contributed by atoms with E-state index in [1.807, 2.05) is 24.3 Å². The monoisotopic (exact) mass is 294 g/mol. The number of rotatable bonds is 4. The maximum absolute atomic E-state index is 12.1. The summed E-state index contributed by atoms with van der Waals surface area (Å²) >= 11 is 0. The predicted molar refractivity (Wildman–Crippen MR) is 79.6 cm³/mol. The van der Waals surface area contributed by atoms with Crippen molar-refractivity contribution in [2.45, 2.75) is 18.6 Å². The minimum atomic E-state index is -3.23. The third-order valence-electron chi connectivity index (χ3n) is 3.45. The average Bonchev–Trinajstić information content (AvgIpc) is 2.78. The number of H-pyrrole nitrogens is 1. The summed E-state index contributed by atoms with van der Waals surface area (Å²) in [7, 11) is -3.23. The van der Waals surface area contributed by atoms with Crippen LogP contribution in [-0.4, -0.2) is 36.9 Å². The first-order valence-corrected chi connectivity index (χ1v) is 8.15. The molecule has 1 amide bonds. The summed E-state index contributed by atoms with van der Waals surface area (Å²) in [6.45, 7) is 3.25. The van der Waals surface area contributed by atoms with Gasteiger partial charge in [-0.3, -0.25) is 4.79 Å². The molecule has 0 saturated heterocycles. The summed E-state index contributed by atoms with van der Waals surface area (Å²) in [5, 5.41) is 3.60. The summed E-state index contributed by atoms with van der Waals surface area (Å²) in [5.74, 6) is -0.307. The summed E-state index contributed by atoms with van der Waals surface area (Å²) in [4.78, 5) is 15.1. The first-order valence-electron chi connectivity index (χ1n) is 6.26. The Kier molecular flexibility index (Phi) is 3.60. The number of aromatic nitrogens is 1. The molecule has 0 atom stereocenters. The Labute approximate surface area is 118 Å². The third kappa shape index (κ3) is 2.85. The first-order chi connectivity index (χ1) is 9.21. The molecule has 1 aromatic carbocycles. The molecule has 2 aromatic rings. The molecule has 5 nitrogen and oxygen atoms in total. The van der Waals surface area contributed by atoms with Crippen LogP contribution in [0.25, 0.3) is 10.9 Å². The largest absolute Gasteiger partial charge is 0.351 e. The molecule has 0 bridgehead atoms. The number of sulfone groups is 1. The predicted octanol–water partition coefficient (Wildman–Crippen LogP) is 1.72. The second-order valence-electron chi connectivity index (χ2n) is 5.48. The van der Waals surface area contributed by atoms with Gasteiger partial charge in [0, 0.05) is 23.7 Å². The SMILES string of the molecule is CC(C)(CNC(=O)c1cc2ccccc2[nH]1)S(C)(=O)=O. The van der Waals surface area contributed by atoms with Gasteiger partial charge in [-0.05, 0) is 26.0 Å². The van der Waals surface area contributed by atoms with E-state index in [-0.39, 0.29) is 12.5 Å². The zero-order valence-corrected chi connectivity index (χ0v) is 12.5. The highest BCUT2D eigenvalue weighted by atomic mass is 32.2. The smallest absolute Gasteiger partial charge is 0.267 e. The highest BCUT2D eigenvalue weighted by Gasteiger charge is 2.30. The fourth-order valence-corrected chi connectivity index (χ4v) is 2.05. The van der Waals surface area contributed by atoms with Crippen LogP contribution in [0.1, 0.15) is 24.3 Å². The van der Waals surface area contributed by atoms with Crippen molar-refractivity contribution >= 4 is 26.6 Å². The summed E-state index contributed by atoms with van der Waals surface area (Å²) in [6, 6.07) is 9.31. The molecule has 6 heteroatoms. The van der Waals surface area contributed by atoms with E-state index >= 15 is 0 Å². The van der Waals surface area contributed by atoms with Gasteiger partial charge < -0.3 is 10.3 Å². The number of para-hydroxylation sites is 1. The molecular formula is C14H18N2O3S. The van der Waals surface area contributed by atoms with Gasteiger partial charge in [-0.2, -0.15) is 0 Å². The summed E-state index contributed by atoms with van der Waals surface area (Å²) in [5.41, 5.74) is 1.30. The molecule has 2 N–H and O–H groups in total. The van der Waals surface area contributed by atoms with Gasteiger partial charge in [-0.25, -0.2) is 8.42 Å². The third-order valence-corrected chi connectivity index (χ3v) is 5.60. The average molecular weight is 294 g/mol. The Hall–Kier alpha value is -1.82. The van der Waals surface area contributed by atoms with Crippen molar-refractivity contribution in [3.63, 3.8) is 0 Å². The lowest BCUT2D eigenvalue weighted by Gasteiger charge is -2.22. The first kappa shape index (κ1) is 14.6. The van der Waals surface area contributed by atoms with Crippen molar-refractivity contribution in [3.05, 3.63) is 36.0 Å². The number of hydrogen-bond acceptors (Lipinski definition) is 3. The number of nitrogens with one attached hydrogen (secondary N) is 2. The maximum Gasteiger partial charge on any atom is 0.267 e.